The van der Waals surface area contributed by atoms with Gasteiger partial charge in [0.05, 0.1) is 6.54 Å². The Morgan fingerprint density at radius 2 is 2.00 bits per heavy atom. The van der Waals surface area contributed by atoms with Gasteiger partial charge in [-0.15, -0.1) is 12.4 Å². The van der Waals surface area contributed by atoms with E-state index >= 15 is 0 Å². The molecule has 0 aliphatic carbocycles. The molecule has 1 N–H and O–H groups in total. The van der Waals surface area contributed by atoms with Gasteiger partial charge in [-0.3, -0.25) is 4.79 Å². The van der Waals surface area contributed by atoms with Crippen molar-refractivity contribution >= 4 is 18.4 Å². The second-order valence-electron chi connectivity index (χ2n) is 3.32. The molecule has 0 aromatic heterocycles. The number of rotatable bonds is 6. The summed E-state index contributed by atoms with van der Waals surface area (Å²) in [6.07, 6.45) is 1.02. The minimum atomic E-state index is -0.202. The lowest BCUT2D eigenvalue weighted by Crippen LogP contribution is -2.25. The smallest absolute Gasteiger partial charge is 0.320 e. The largest absolute Gasteiger partial charge is 0.460 e. The lowest BCUT2D eigenvalue weighted by molar-refractivity contribution is -0.143. The van der Waals surface area contributed by atoms with E-state index in [0.29, 0.717) is 13.2 Å². The fraction of sp³-hybridized carbons (Fsp3) is 0.417. The minimum Gasteiger partial charge on any atom is -0.460 e. The van der Waals surface area contributed by atoms with Gasteiger partial charge >= 0.3 is 5.97 Å². The molecule has 0 unspecified atom stereocenters. The lowest BCUT2D eigenvalue weighted by atomic mass is 10.2. The highest BCUT2D eigenvalue weighted by Gasteiger charge is 2.01. The zero-order chi connectivity index (χ0) is 10.9. The van der Waals surface area contributed by atoms with Crippen LogP contribution < -0.4 is 5.32 Å². The minimum absolute atomic E-state index is 0. The van der Waals surface area contributed by atoms with E-state index in [4.69, 9.17) is 4.74 Å². The third-order valence-electron chi connectivity index (χ3n) is 1.94. The van der Waals surface area contributed by atoms with Crippen LogP contribution in [-0.4, -0.2) is 19.1 Å². The maximum absolute atomic E-state index is 11.2. The number of carbonyl (C=O) groups excluding carboxylic acids is 1. The van der Waals surface area contributed by atoms with Crippen LogP contribution in [0.15, 0.2) is 30.3 Å². The summed E-state index contributed by atoms with van der Waals surface area (Å²) in [7, 11) is 0. The van der Waals surface area contributed by atoms with Gasteiger partial charge in [-0.25, -0.2) is 0 Å². The molecule has 0 radical (unpaired) electrons. The zero-order valence-electron chi connectivity index (χ0n) is 9.44. The molecule has 16 heavy (non-hydrogen) atoms. The Hall–Kier alpha value is -1.06. The van der Waals surface area contributed by atoms with E-state index in [1.54, 1.807) is 0 Å². The van der Waals surface area contributed by atoms with Crippen molar-refractivity contribution in [1.29, 1.82) is 0 Å². The molecule has 0 spiro atoms. The van der Waals surface area contributed by atoms with Crippen LogP contribution >= 0.6 is 12.4 Å². The Morgan fingerprint density at radius 3 is 2.62 bits per heavy atom. The van der Waals surface area contributed by atoms with Crippen LogP contribution in [0.5, 0.6) is 0 Å². The first-order valence-electron chi connectivity index (χ1n) is 5.23. The summed E-state index contributed by atoms with van der Waals surface area (Å²) < 4.78 is 5.07. The van der Waals surface area contributed by atoms with Gasteiger partial charge < -0.3 is 10.1 Å². The van der Waals surface area contributed by atoms with Crippen LogP contribution in [-0.2, 0) is 16.1 Å². The predicted octanol–water partition coefficient (Wildman–Crippen LogP) is 2.15. The molecule has 0 fully saturated rings. The normalized spacial score (nSPS) is 9.31. The van der Waals surface area contributed by atoms with Crippen molar-refractivity contribution in [2.24, 2.45) is 0 Å². The van der Waals surface area contributed by atoms with Crippen molar-refractivity contribution in [2.75, 3.05) is 13.1 Å². The summed E-state index contributed by atoms with van der Waals surface area (Å²) in [6.45, 7) is 3.55. The van der Waals surface area contributed by atoms with Crippen molar-refractivity contribution in [3.05, 3.63) is 35.9 Å². The molecule has 1 rings (SSSR count). The number of halogens is 1. The highest BCUT2D eigenvalue weighted by atomic mass is 35.5. The van der Waals surface area contributed by atoms with E-state index in [1.165, 1.54) is 0 Å². The second kappa shape index (κ2) is 9.19. The topological polar surface area (TPSA) is 38.3 Å². The molecule has 0 saturated heterocycles. The highest BCUT2D eigenvalue weighted by Crippen LogP contribution is 2.00. The number of carbonyl (C=O) groups is 1. The average Bonchev–Trinajstić information content (AvgIpc) is 2.28. The Bertz CT molecular complexity index is 290. The summed E-state index contributed by atoms with van der Waals surface area (Å²) in [5, 5.41) is 3.00. The molecule has 0 saturated carbocycles. The van der Waals surface area contributed by atoms with E-state index in [0.717, 1.165) is 18.5 Å². The molecule has 3 nitrogen and oxygen atoms in total. The van der Waals surface area contributed by atoms with Crippen molar-refractivity contribution in [3.63, 3.8) is 0 Å². The molecular formula is C12H18ClNO2. The van der Waals surface area contributed by atoms with Crippen LogP contribution in [0.3, 0.4) is 0 Å². The maximum atomic E-state index is 11.2. The van der Waals surface area contributed by atoms with Gasteiger partial charge in [-0.05, 0) is 18.5 Å². The molecule has 0 aliphatic rings. The summed E-state index contributed by atoms with van der Waals surface area (Å²) in [4.78, 5) is 11.2. The van der Waals surface area contributed by atoms with E-state index < -0.39 is 0 Å². The number of hydrogen-bond acceptors (Lipinski definition) is 3. The van der Waals surface area contributed by atoms with Crippen LogP contribution in [0, 0.1) is 0 Å². The van der Waals surface area contributed by atoms with Crippen LogP contribution in [0.4, 0.5) is 0 Å². The third kappa shape index (κ3) is 6.43. The predicted molar refractivity (Wildman–Crippen MR) is 66.6 cm³/mol. The second-order valence-corrected chi connectivity index (χ2v) is 3.32. The number of benzene rings is 1. The quantitative estimate of drug-likeness (QED) is 0.615. The summed E-state index contributed by atoms with van der Waals surface area (Å²) in [5.74, 6) is -0.202. The monoisotopic (exact) mass is 243 g/mol. The Kier molecular flexibility index (Phi) is 8.58. The molecule has 1 aromatic rings. The first kappa shape index (κ1) is 14.9. The maximum Gasteiger partial charge on any atom is 0.320 e. The van der Waals surface area contributed by atoms with Crippen molar-refractivity contribution in [2.45, 2.75) is 20.0 Å². The van der Waals surface area contributed by atoms with Crippen molar-refractivity contribution in [1.82, 2.24) is 5.32 Å². The van der Waals surface area contributed by atoms with Gasteiger partial charge in [0.15, 0.2) is 0 Å². The van der Waals surface area contributed by atoms with Crippen LogP contribution in [0.1, 0.15) is 18.9 Å². The van der Waals surface area contributed by atoms with E-state index in [9.17, 15) is 4.79 Å². The van der Waals surface area contributed by atoms with Gasteiger partial charge in [0.25, 0.3) is 0 Å². The standard InChI is InChI=1S/C12H17NO2.ClH/c1-2-8-13-9-12(14)15-10-11-6-4-3-5-7-11;/h3-7,13H,2,8-10H2,1H3;1H. The first-order valence-corrected chi connectivity index (χ1v) is 5.23. The van der Waals surface area contributed by atoms with Gasteiger partial charge in [0.1, 0.15) is 6.61 Å². The fourth-order valence-electron chi connectivity index (χ4n) is 1.16. The molecular weight excluding hydrogens is 226 g/mol. The fourth-order valence-corrected chi connectivity index (χ4v) is 1.16. The van der Waals surface area contributed by atoms with Gasteiger partial charge in [-0.1, -0.05) is 37.3 Å². The summed E-state index contributed by atoms with van der Waals surface area (Å²) in [6, 6.07) is 9.67. The molecule has 0 heterocycles. The average molecular weight is 244 g/mol. The zero-order valence-corrected chi connectivity index (χ0v) is 10.3. The van der Waals surface area contributed by atoms with E-state index in [2.05, 4.69) is 12.2 Å². The number of esters is 1. The molecule has 0 bridgehead atoms. The molecule has 1 aromatic carbocycles. The Labute approximate surface area is 103 Å². The molecule has 90 valence electrons. The highest BCUT2D eigenvalue weighted by molar-refractivity contribution is 5.85. The van der Waals surface area contributed by atoms with E-state index in [-0.39, 0.29) is 18.4 Å². The first-order chi connectivity index (χ1) is 7.33. The van der Waals surface area contributed by atoms with E-state index in [1.807, 2.05) is 30.3 Å². The van der Waals surface area contributed by atoms with Crippen molar-refractivity contribution < 1.29 is 9.53 Å². The molecule has 0 aliphatic heterocycles. The SMILES string of the molecule is CCCNCC(=O)OCc1ccccc1.Cl. The number of nitrogens with one attached hydrogen (secondary N) is 1. The summed E-state index contributed by atoms with van der Waals surface area (Å²) in [5.41, 5.74) is 1.02. The van der Waals surface area contributed by atoms with Gasteiger partial charge in [-0.2, -0.15) is 0 Å². The van der Waals surface area contributed by atoms with Gasteiger partial charge in [0.2, 0.25) is 0 Å². The Morgan fingerprint density at radius 1 is 1.31 bits per heavy atom. The molecule has 4 heteroatoms. The summed E-state index contributed by atoms with van der Waals surface area (Å²) >= 11 is 0. The van der Waals surface area contributed by atoms with Crippen LogP contribution in [0.2, 0.25) is 0 Å². The van der Waals surface area contributed by atoms with Crippen LogP contribution in [0.25, 0.3) is 0 Å². The number of ether oxygens (including phenoxy) is 1. The van der Waals surface area contributed by atoms with Crippen molar-refractivity contribution in [3.8, 4) is 0 Å². The third-order valence-corrected chi connectivity index (χ3v) is 1.94. The Balaban J connectivity index is 0.00000225. The van der Waals surface area contributed by atoms with Gasteiger partial charge in [0, 0.05) is 0 Å². The molecule has 0 amide bonds. The number of hydrogen-bond donors (Lipinski definition) is 1. The lowest BCUT2D eigenvalue weighted by Gasteiger charge is -2.05. The molecule has 0 atom stereocenters.